The highest BCUT2D eigenvalue weighted by molar-refractivity contribution is 5.94. The molecule has 0 unspecified atom stereocenters. The number of aliphatic carboxylic acids is 1. The number of benzene rings is 1. The van der Waals surface area contributed by atoms with Crippen LogP contribution in [0.5, 0.6) is 0 Å². The van der Waals surface area contributed by atoms with Gasteiger partial charge in [0.2, 0.25) is 5.91 Å². The molecule has 0 aliphatic heterocycles. The molecule has 0 saturated heterocycles. The van der Waals surface area contributed by atoms with Crippen molar-refractivity contribution in [1.82, 2.24) is 10.6 Å². The fourth-order valence-electron chi connectivity index (χ4n) is 1.53. The standard InChI is InChI=1S/C13H16N2O4/c1-14-13(19)10-4-2-3-9(7-10)5-6-11(16)15-8-12(17)18/h2-4,7H,5-6,8H2,1H3,(H,14,19)(H,15,16)(H,17,18). The summed E-state index contributed by atoms with van der Waals surface area (Å²) in [6, 6.07) is 6.96. The van der Waals surface area contributed by atoms with E-state index in [0.717, 1.165) is 5.56 Å². The first-order chi connectivity index (χ1) is 9.02. The van der Waals surface area contributed by atoms with E-state index in [0.29, 0.717) is 12.0 Å². The van der Waals surface area contributed by atoms with Crippen LogP contribution in [0.1, 0.15) is 22.3 Å². The van der Waals surface area contributed by atoms with Crippen molar-refractivity contribution >= 4 is 17.8 Å². The average Bonchev–Trinajstić information content (AvgIpc) is 2.42. The quantitative estimate of drug-likeness (QED) is 0.683. The van der Waals surface area contributed by atoms with Gasteiger partial charge in [-0.15, -0.1) is 0 Å². The van der Waals surface area contributed by atoms with Gasteiger partial charge in [0, 0.05) is 19.0 Å². The van der Waals surface area contributed by atoms with E-state index in [-0.39, 0.29) is 24.8 Å². The molecule has 6 nitrogen and oxygen atoms in total. The summed E-state index contributed by atoms with van der Waals surface area (Å²) in [6.45, 7) is -0.378. The Bertz CT molecular complexity index is 485. The minimum atomic E-state index is -1.07. The van der Waals surface area contributed by atoms with E-state index in [4.69, 9.17) is 5.11 Å². The fourth-order valence-corrected chi connectivity index (χ4v) is 1.53. The van der Waals surface area contributed by atoms with Crippen LogP contribution < -0.4 is 10.6 Å². The first kappa shape index (κ1) is 14.7. The molecular formula is C13H16N2O4. The number of rotatable bonds is 6. The zero-order valence-corrected chi connectivity index (χ0v) is 10.6. The molecule has 1 aromatic rings. The number of hydrogen-bond acceptors (Lipinski definition) is 3. The number of hydrogen-bond donors (Lipinski definition) is 3. The van der Waals surface area contributed by atoms with E-state index < -0.39 is 5.97 Å². The molecule has 1 rings (SSSR count). The van der Waals surface area contributed by atoms with Gasteiger partial charge in [-0.05, 0) is 24.1 Å². The maximum atomic E-state index is 11.4. The molecule has 0 bridgehead atoms. The molecular weight excluding hydrogens is 248 g/mol. The van der Waals surface area contributed by atoms with E-state index in [1.807, 2.05) is 6.07 Å². The lowest BCUT2D eigenvalue weighted by Gasteiger charge is -2.05. The van der Waals surface area contributed by atoms with Gasteiger partial charge in [0.05, 0.1) is 0 Å². The van der Waals surface area contributed by atoms with Gasteiger partial charge in [0.25, 0.3) is 5.91 Å². The Kier molecular flexibility index (Phi) is 5.53. The lowest BCUT2D eigenvalue weighted by atomic mass is 10.1. The van der Waals surface area contributed by atoms with Gasteiger partial charge in [0.1, 0.15) is 6.54 Å². The van der Waals surface area contributed by atoms with E-state index in [1.54, 1.807) is 25.2 Å². The number of carboxylic acids is 1. The van der Waals surface area contributed by atoms with Crippen LogP contribution in [0.3, 0.4) is 0 Å². The van der Waals surface area contributed by atoms with Crippen LogP contribution in [0.25, 0.3) is 0 Å². The van der Waals surface area contributed by atoms with Gasteiger partial charge in [0.15, 0.2) is 0 Å². The van der Waals surface area contributed by atoms with Gasteiger partial charge in [-0.3, -0.25) is 14.4 Å². The van der Waals surface area contributed by atoms with Crippen molar-refractivity contribution in [2.75, 3.05) is 13.6 Å². The first-order valence-electron chi connectivity index (χ1n) is 5.82. The number of carbonyl (C=O) groups is 3. The van der Waals surface area contributed by atoms with Crippen LogP contribution in [0, 0.1) is 0 Å². The third kappa shape index (κ3) is 5.20. The molecule has 3 N–H and O–H groups in total. The molecule has 0 atom stereocenters. The number of carboxylic acid groups (broad SMARTS) is 1. The van der Waals surface area contributed by atoms with Crippen LogP contribution in [0.4, 0.5) is 0 Å². The highest BCUT2D eigenvalue weighted by atomic mass is 16.4. The van der Waals surface area contributed by atoms with E-state index >= 15 is 0 Å². The van der Waals surface area contributed by atoms with Gasteiger partial charge < -0.3 is 15.7 Å². The summed E-state index contributed by atoms with van der Waals surface area (Å²) in [5, 5.41) is 13.2. The molecule has 0 aliphatic rings. The topological polar surface area (TPSA) is 95.5 Å². The summed E-state index contributed by atoms with van der Waals surface area (Å²) < 4.78 is 0. The van der Waals surface area contributed by atoms with Crippen LogP contribution in [0.2, 0.25) is 0 Å². The molecule has 2 amide bonds. The third-order valence-corrected chi connectivity index (χ3v) is 2.49. The lowest BCUT2D eigenvalue weighted by Crippen LogP contribution is -2.29. The van der Waals surface area contributed by atoms with Crippen LogP contribution >= 0.6 is 0 Å². The van der Waals surface area contributed by atoms with Gasteiger partial charge in [-0.2, -0.15) is 0 Å². The van der Waals surface area contributed by atoms with Crippen molar-refractivity contribution < 1.29 is 19.5 Å². The Hall–Kier alpha value is -2.37. The third-order valence-electron chi connectivity index (χ3n) is 2.49. The SMILES string of the molecule is CNC(=O)c1cccc(CCC(=O)NCC(=O)O)c1. The number of aryl methyl sites for hydroxylation is 1. The smallest absolute Gasteiger partial charge is 0.322 e. The maximum Gasteiger partial charge on any atom is 0.322 e. The van der Waals surface area contributed by atoms with Crippen LogP contribution in [0.15, 0.2) is 24.3 Å². The summed E-state index contributed by atoms with van der Waals surface area (Å²) in [5.41, 5.74) is 1.39. The largest absolute Gasteiger partial charge is 0.480 e. The highest BCUT2D eigenvalue weighted by Crippen LogP contribution is 2.07. The Morgan fingerprint density at radius 3 is 2.63 bits per heavy atom. The molecule has 0 fully saturated rings. The fraction of sp³-hybridized carbons (Fsp3) is 0.308. The maximum absolute atomic E-state index is 11.4. The van der Waals surface area contributed by atoms with Crippen molar-refractivity contribution in [3.63, 3.8) is 0 Å². The monoisotopic (exact) mass is 264 g/mol. The lowest BCUT2D eigenvalue weighted by molar-refractivity contribution is -0.137. The second kappa shape index (κ2) is 7.15. The average molecular weight is 264 g/mol. The van der Waals surface area contributed by atoms with Crippen molar-refractivity contribution in [3.05, 3.63) is 35.4 Å². The summed E-state index contributed by atoms with van der Waals surface area (Å²) in [4.78, 5) is 33.0. The minimum Gasteiger partial charge on any atom is -0.480 e. The Morgan fingerprint density at radius 2 is 2.00 bits per heavy atom. The molecule has 0 spiro atoms. The Morgan fingerprint density at radius 1 is 1.26 bits per heavy atom. The van der Waals surface area contributed by atoms with E-state index in [9.17, 15) is 14.4 Å². The van der Waals surface area contributed by atoms with Crippen LogP contribution in [-0.4, -0.2) is 36.5 Å². The van der Waals surface area contributed by atoms with E-state index in [2.05, 4.69) is 10.6 Å². The summed E-state index contributed by atoms with van der Waals surface area (Å²) in [6.07, 6.45) is 0.640. The van der Waals surface area contributed by atoms with Crippen LogP contribution in [-0.2, 0) is 16.0 Å². The Balaban J connectivity index is 2.51. The summed E-state index contributed by atoms with van der Waals surface area (Å²) in [5.74, 6) is -1.58. The normalized spacial score (nSPS) is 9.74. The second-order valence-corrected chi connectivity index (χ2v) is 3.95. The van der Waals surface area contributed by atoms with Crippen molar-refractivity contribution in [3.8, 4) is 0 Å². The minimum absolute atomic E-state index is 0.183. The predicted molar refractivity (Wildman–Crippen MR) is 68.8 cm³/mol. The van der Waals surface area contributed by atoms with Crippen molar-refractivity contribution in [2.45, 2.75) is 12.8 Å². The number of amides is 2. The highest BCUT2D eigenvalue weighted by Gasteiger charge is 2.06. The first-order valence-corrected chi connectivity index (χ1v) is 5.82. The predicted octanol–water partition coefficient (Wildman–Crippen LogP) is 0.180. The molecule has 19 heavy (non-hydrogen) atoms. The molecule has 0 heterocycles. The molecule has 0 saturated carbocycles. The second-order valence-electron chi connectivity index (χ2n) is 3.95. The van der Waals surface area contributed by atoms with E-state index in [1.165, 1.54) is 0 Å². The van der Waals surface area contributed by atoms with Gasteiger partial charge in [-0.25, -0.2) is 0 Å². The number of nitrogens with one attached hydrogen (secondary N) is 2. The molecule has 0 aromatic heterocycles. The zero-order chi connectivity index (χ0) is 14.3. The van der Waals surface area contributed by atoms with Crippen molar-refractivity contribution in [2.24, 2.45) is 0 Å². The molecule has 102 valence electrons. The zero-order valence-electron chi connectivity index (χ0n) is 10.6. The molecule has 0 aliphatic carbocycles. The molecule has 0 radical (unpaired) electrons. The van der Waals surface area contributed by atoms with Gasteiger partial charge in [-0.1, -0.05) is 12.1 Å². The Labute approximate surface area is 110 Å². The van der Waals surface area contributed by atoms with Gasteiger partial charge >= 0.3 is 5.97 Å². The summed E-state index contributed by atoms with van der Waals surface area (Å²) >= 11 is 0. The number of carbonyl (C=O) groups excluding carboxylic acids is 2. The molecule has 6 heteroatoms. The van der Waals surface area contributed by atoms with Crippen molar-refractivity contribution in [1.29, 1.82) is 0 Å². The molecule has 1 aromatic carbocycles. The summed E-state index contributed by atoms with van der Waals surface area (Å²) in [7, 11) is 1.55.